The molecule has 0 aromatic carbocycles. The topological polar surface area (TPSA) is 73.3 Å². The van der Waals surface area contributed by atoms with E-state index in [1.165, 1.54) is 0 Å². The summed E-state index contributed by atoms with van der Waals surface area (Å²) in [6.45, 7) is 1.45. The third kappa shape index (κ3) is 1.34. The Morgan fingerprint density at radius 3 is 2.67 bits per heavy atom. The van der Waals surface area contributed by atoms with E-state index in [2.05, 4.69) is 5.43 Å². The van der Waals surface area contributed by atoms with Crippen molar-refractivity contribution in [1.29, 1.82) is 0 Å². The fourth-order valence-electron chi connectivity index (χ4n) is 0.642. The normalized spacial score (nSPS) is 21.2. The van der Waals surface area contributed by atoms with Crippen molar-refractivity contribution >= 4 is 0 Å². The first-order chi connectivity index (χ1) is 4.34. The van der Waals surface area contributed by atoms with E-state index in [9.17, 15) is 0 Å². The molecule has 4 heteroatoms. The average molecular weight is 129 g/mol. The zero-order chi connectivity index (χ0) is 6.69. The van der Waals surface area contributed by atoms with Gasteiger partial charge in [0.15, 0.2) is 0 Å². The Kier molecular flexibility index (Phi) is 1.92. The molecule has 52 valence electrons. The number of hydrogen-bond acceptors (Lipinski definition) is 4. The van der Waals surface area contributed by atoms with E-state index in [-0.39, 0.29) is 0 Å². The fourth-order valence-corrected chi connectivity index (χ4v) is 0.642. The maximum atomic E-state index is 5.53. The Labute approximate surface area is 53.8 Å². The van der Waals surface area contributed by atoms with Crippen molar-refractivity contribution in [3.8, 4) is 0 Å². The molecule has 0 spiro atoms. The summed E-state index contributed by atoms with van der Waals surface area (Å²) in [7, 11) is 0. The first-order valence-electron chi connectivity index (χ1n) is 2.84. The molecule has 1 heterocycles. The molecule has 1 aliphatic heterocycles. The van der Waals surface area contributed by atoms with E-state index in [4.69, 9.17) is 16.3 Å². The Morgan fingerprint density at radius 2 is 2.33 bits per heavy atom. The number of ether oxygens (including phenoxy) is 1. The van der Waals surface area contributed by atoms with Crippen LogP contribution in [0.5, 0.6) is 0 Å². The van der Waals surface area contributed by atoms with E-state index in [0.717, 1.165) is 18.9 Å². The quantitative estimate of drug-likeness (QED) is 0.327. The third-order valence-corrected chi connectivity index (χ3v) is 1.36. The second-order valence-corrected chi connectivity index (χ2v) is 2.05. The number of nitrogens with one attached hydrogen (secondary N) is 1. The summed E-state index contributed by atoms with van der Waals surface area (Å²) in [6.07, 6.45) is 1.59. The molecule has 0 amide bonds. The predicted octanol–water partition coefficient (Wildman–Crippen LogP) is -1.10. The van der Waals surface area contributed by atoms with Gasteiger partial charge in [0.1, 0.15) is 0 Å². The Hall–Kier alpha value is -0.740. The predicted molar refractivity (Wildman–Crippen MR) is 33.9 cm³/mol. The molecule has 0 radical (unpaired) electrons. The lowest BCUT2D eigenvalue weighted by atomic mass is 10.1. The highest BCUT2D eigenvalue weighted by Crippen LogP contribution is 2.14. The second-order valence-electron chi connectivity index (χ2n) is 2.05. The number of hydrazine groups is 1. The van der Waals surface area contributed by atoms with E-state index >= 15 is 0 Å². The third-order valence-electron chi connectivity index (χ3n) is 1.36. The van der Waals surface area contributed by atoms with Crippen LogP contribution in [0.2, 0.25) is 0 Å². The van der Waals surface area contributed by atoms with E-state index in [1.54, 1.807) is 6.20 Å². The summed E-state index contributed by atoms with van der Waals surface area (Å²) >= 11 is 0. The maximum Gasteiger partial charge on any atom is 0.0572 e. The van der Waals surface area contributed by atoms with Crippen molar-refractivity contribution in [2.24, 2.45) is 17.5 Å². The van der Waals surface area contributed by atoms with Crippen molar-refractivity contribution in [3.63, 3.8) is 0 Å². The van der Waals surface area contributed by atoms with Crippen LogP contribution in [0.4, 0.5) is 0 Å². The standard InChI is InChI=1S/C5H11N3O/c6-5(1-8-7)4-2-9-3-4/h1,4,8H,2-3,6-7H2/b5-1-. The summed E-state index contributed by atoms with van der Waals surface area (Å²) in [4.78, 5) is 0. The van der Waals surface area contributed by atoms with Crippen LogP contribution in [0.25, 0.3) is 0 Å². The van der Waals surface area contributed by atoms with Gasteiger partial charge in [-0.25, -0.2) is 0 Å². The lowest BCUT2D eigenvalue weighted by Gasteiger charge is -2.25. The molecule has 0 atom stereocenters. The Bertz CT molecular complexity index is 119. The van der Waals surface area contributed by atoms with Gasteiger partial charge in [-0.05, 0) is 0 Å². The first kappa shape index (κ1) is 6.38. The minimum atomic E-state index is 0.376. The lowest BCUT2D eigenvalue weighted by molar-refractivity contribution is -0.0141. The summed E-state index contributed by atoms with van der Waals surface area (Å²) in [5.41, 5.74) is 8.67. The monoisotopic (exact) mass is 129 g/mol. The molecule has 0 aromatic rings. The van der Waals surface area contributed by atoms with Crippen LogP contribution in [-0.2, 0) is 4.74 Å². The van der Waals surface area contributed by atoms with Gasteiger partial charge in [0, 0.05) is 17.8 Å². The average Bonchev–Trinajstić information content (AvgIpc) is 1.60. The molecule has 1 saturated heterocycles. The van der Waals surface area contributed by atoms with E-state index in [0.29, 0.717) is 5.92 Å². The van der Waals surface area contributed by atoms with Crippen LogP contribution < -0.4 is 17.0 Å². The van der Waals surface area contributed by atoms with Gasteiger partial charge in [0.05, 0.1) is 13.2 Å². The van der Waals surface area contributed by atoms with Crippen LogP contribution in [0, 0.1) is 5.92 Å². The number of hydrogen-bond donors (Lipinski definition) is 3. The minimum Gasteiger partial charge on any atom is -0.400 e. The van der Waals surface area contributed by atoms with Crippen LogP contribution in [0.1, 0.15) is 0 Å². The molecule has 1 aliphatic rings. The molecule has 0 aliphatic carbocycles. The molecule has 5 N–H and O–H groups in total. The molecule has 4 nitrogen and oxygen atoms in total. The SMILES string of the molecule is NN/C=C(\N)C1COC1. The molecule has 9 heavy (non-hydrogen) atoms. The molecule has 1 fully saturated rings. The fraction of sp³-hybridized carbons (Fsp3) is 0.600. The van der Waals surface area contributed by atoms with Gasteiger partial charge in [-0.15, -0.1) is 0 Å². The molecule has 0 unspecified atom stereocenters. The van der Waals surface area contributed by atoms with Crippen molar-refractivity contribution in [3.05, 3.63) is 11.9 Å². The zero-order valence-corrected chi connectivity index (χ0v) is 5.13. The van der Waals surface area contributed by atoms with Crippen molar-refractivity contribution in [2.75, 3.05) is 13.2 Å². The highest BCUT2D eigenvalue weighted by atomic mass is 16.5. The van der Waals surface area contributed by atoms with Gasteiger partial charge in [-0.3, -0.25) is 5.84 Å². The summed E-state index contributed by atoms with van der Waals surface area (Å²) < 4.78 is 4.91. The van der Waals surface area contributed by atoms with Gasteiger partial charge < -0.3 is 15.9 Å². The van der Waals surface area contributed by atoms with Gasteiger partial charge in [-0.2, -0.15) is 0 Å². The molecule has 0 saturated carbocycles. The van der Waals surface area contributed by atoms with Crippen LogP contribution >= 0.6 is 0 Å². The highest BCUT2D eigenvalue weighted by molar-refractivity contribution is 5.02. The van der Waals surface area contributed by atoms with Crippen molar-refractivity contribution in [2.45, 2.75) is 0 Å². The molecular formula is C5H11N3O. The first-order valence-corrected chi connectivity index (χ1v) is 2.84. The van der Waals surface area contributed by atoms with E-state index < -0.39 is 0 Å². The Balaban J connectivity index is 2.31. The smallest absolute Gasteiger partial charge is 0.0572 e. The van der Waals surface area contributed by atoms with Gasteiger partial charge in [-0.1, -0.05) is 0 Å². The number of rotatable bonds is 2. The lowest BCUT2D eigenvalue weighted by Crippen LogP contribution is -2.33. The zero-order valence-electron chi connectivity index (χ0n) is 5.13. The van der Waals surface area contributed by atoms with Crippen LogP contribution in [0.3, 0.4) is 0 Å². The molecule has 1 rings (SSSR count). The molecule has 0 bridgehead atoms. The van der Waals surface area contributed by atoms with Gasteiger partial charge in [0.2, 0.25) is 0 Å². The second kappa shape index (κ2) is 2.70. The van der Waals surface area contributed by atoms with Crippen molar-refractivity contribution in [1.82, 2.24) is 5.43 Å². The maximum absolute atomic E-state index is 5.53. The van der Waals surface area contributed by atoms with Crippen LogP contribution in [-0.4, -0.2) is 13.2 Å². The summed E-state index contributed by atoms with van der Waals surface area (Å²) in [5, 5.41) is 0. The van der Waals surface area contributed by atoms with Crippen molar-refractivity contribution < 1.29 is 4.74 Å². The highest BCUT2D eigenvalue weighted by Gasteiger charge is 2.20. The molecular weight excluding hydrogens is 118 g/mol. The summed E-state index contributed by atoms with van der Waals surface area (Å²) in [6, 6.07) is 0. The van der Waals surface area contributed by atoms with Gasteiger partial charge >= 0.3 is 0 Å². The summed E-state index contributed by atoms with van der Waals surface area (Å²) in [5.74, 6) is 5.37. The van der Waals surface area contributed by atoms with E-state index in [1.807, 2.05) is 0 Å². The van der Waals surface area contributed by atoms with Gasteiger partial charge in [0.25, 0.3) is 0 Å². The minimum absolute atomic E-state index is 0.376. The molecule has 0 aromatic heterocycles. The largest absolute Gasteiger partial charge is 0.400 e. The van der Waals surface area contributed by atoms with Crippen LogP contribution in [0.15, 0.2) is 11.9 Å². The number of nitrogens with two attached hydrogens (primary N) is 2. The Morgan fingerprint density at radius 1 is 1.67 bits per heavy atom.